The SMILES string of the molecule is Cc1cc(CC2CCNCC2=O)no1. The first-order valence-electron chi connectivity index (χ1n) is 4.91. The van der Waals surface area contributed by atoms with Crippen molar-refractivity contribution in [3.05, 3.63) is 17.5 Å². The molecule has 1 aliphatic rings. The molecule has 0 radical (unpaired) electrons. The molecule has 4 nitrogen and oxygen atoms in total. The molecule has 2 heterocycles. The van der Waals surface area contributed by atoms with E-state index in [1.807, 2.05) is 13.0 Å². The molecule has 0 bridgehead atoms. The van der Waals surface area contributed by atoms with Gasteiger partial charge in [0.15, 0.2) is 0 Å². The summed E-state index contributed by atoms with van der Waals surface area (Å²) < 4.78 is 4.96. The Kier molecular flexibility index (Phi) is 2.63. The molecule has 2 rings (SSSR count). The summed E-state index contributed by atoms with van der Waals surface area (Å²) in [5.41, 5.74) is 0.891. The highest BCUT2D eigenvalue weighted by Gasteiger charge is 2.23. The van der Waals surface area contributed by atoms with Crippen molar-refractivity contribution < 1.29 is 9.32 Å². The summed E-state index contributed by atoms with van der Waals surface area (Å²) in [6.45, 7) is 3.29. The number of Topliss-reactive ketones (excluding diaryl/α,β-unsaturated/α-hetero) is 1. The molecule has 0 saturated carbocycles. The number of carbonyl (C=O) groups is 1. The third-order valence-electron chi connectivity index (χ3n) is 2.56. The van der Waals surface area contributed by atoms with E-state index in [1.54, 1.807) is 0 Å². The molecule has 1 aliphatic heterocycles. The van der Waals surface area contributed by atoms with Gasteiger partial charge in [-0.3, -0.25) is 4.79 Å². The van der Waals surface area contributed by atoms with Crippen LogP contribution in [0.4, 0.5) is 0 Å². The number of hydrogen-bond donors (Lipinski definition) is 1. The van der Waals surface area contributed by atoms with E-state index in [4.69, 9.17) is 4.52 Å². The van der Waals surface area contributed by atoms with E-state index >= 15 is 0 Å². The van der Waals surface area contributed by atoms with Gasteiger partial charge in [-0.1, -0.05) is 5.16 Å². The molecule has 1 atom stereocenters. The van der Waals surface area contributed by atoms with Gasteiger partial charge in [0.2, 0.25) is 0 Å². The van der Waals surface area contributed by atoms with E-state index in [1.165, 1.54) is 0 Å². The van der Waals surface area contributed by atoms with Crippen molar-refractivity contribution in [2.24, 2.45) is 5.92 Å². The van der Waals surface area contributed by atoms with Crippen LogP contribution in [-0.4, -0.2) is 24.0 Å². The maximum atomic E-state index is 11.5. The fraction of sp³-hybridized carbons (Fsp3) is 0.600. The van der Waals surface area contributed by atoms with E-state index in [0.29, 0.717) is 6.54 Å². The Bertz CT molecular complexity index is 333. The van der Waals surface area contributed by atoms with E-state index in [0.717, 1.165) is 30.8 Å². The zero-order valence-corrected chi connectivity index (χ0v) is 8.25. The minimum atomic E-state index is 0.126. The fourth-order valence-corrected chi connectivity index (χ4v) is 1.78. The summed E-state index contributed by atoms with van der Waals surface area (Å²) in [5.74, 6) is 1.22. The topological polar surface area (TPSA) is 55.1 Å². The van der Waals surface area contributed by atoms with E-state index in [9.17, 15) is 4.79 Å². The van der Waals surface area contributed by atoms with Crippen LogP contribution in [-0.2, 0) is 11.2 Å². The summed E-state index contributed by atoms with van der Waals surface area (Å²) >= 11 is 0. The number of nitrogens with zero attached hydrogens (tertiary/aromatic N) is 1. The lowest BCUT2D eigenvalue weighted by Crippen LogP contribution is -2.37. The molecule has 1 fully saturated rings. The van der Waals surface area contributed by atoms with E-state index in [-0.39, 0.29) is 11.7 Å². The van der Waals surface area contributed by atoms with Crippen molar-refractivity contribution in [3.8, 4) is 0 Å². The molecule has 0 amide bonds. The predicted octanol–water partition coefficient (Wildman–Crippen LogP) is 0.704. The number of aromatic nitrogens is 1. The van der Waals surface area contributed by atoms with E-state index < -0.39 is 0 Å². The summed E-state index contributed by atoms with van der Waals surface area (Å²) in [6.07, 6.45) is 1.63. The second-order valence-electron chi connectivity index (χ2n) is 3.76. The lowest BCUT2D eigenvalue weighted by Gasteiger charge is -2.20. The third kappa shape index (κ3) is 2.01. The van der Waals surface area contributed by atoms with Gasteiger partial charge in [-0.15, -0.1) is 0 Å². The smallest absolute Gasteiger partial charge is 0.150 e. The maximum Gasteiger partial charge on any atom is 0.150 e. The monoisotopic (exact) mass is 194 g/mol. The van der Waals surface area contributed by atoms with Crippen LogP contribution >= 0.6 is 0 Å². The van der Waals surface area contributed by atoms with Gasteiger partial charge in [0.25, 0.3) is 0 Å². The van der Waals surface area contributed by atoms with Crippen LogP contribution in [0, 0.1) is 12.8 Å². The molecule has 0 aliphatic carbocycles. The largest absolute Gasteiger partial charge is 0.361 e. The number of rotatable bonds is 2. The summed E-state index contributed by atoms with van der Waals surface area (Å²) in [5, 5.41) is 6.96. The lowest BCUT2D eigenvalue weighted by atomic mass is 9.92. The Balaban J connectivity index is 1.99. The first-order valence-corrected chi connectivity index (χ1v) is 4.91. The molecule has 76 valence electrons. The van der Waals surface area contributed by atoms with Gasteiger partial charge >= 0.3 is 0 Å². The lowest BCUT2D eigenvalue weighted by molar-refractivity contribution is -0.123. The quantitative estimate of drug-likeness (QED) is 0.753. The Morgan fingerprint density at radius 3 is 3.21 bits per heavy atom. The van der Waals surface area contributed by atoms with Gasteiger partial charge in [0, 0.05) is 18.4 Å². The van der Waals surface area contributed by atoms with Crippen molar-refractivity contribution in [2.75, 3.05) is 13.1 Å². The minimum Gasteiger partial charge on any atom is -0.361 e. The van der Waals surface area contributed by atoms with Gasteiger partial charge in [-0.05, 0) is 19.9 Å². The number of carbonyl (C=O) groups excluding carboxylic acids is 1. The second kappa shape index (κ2) is 3.92. The van der Waals surface area contributed by atoms with Crippen molar-refractivity contribution >= 4 is 5.78 Å². The molecule has 0 aromatic carbocycles. The summed E-state index contributed by atoms with van der Waals surface area (Å²) in [7, 11) is 0. The molecule has 1 saturated heterocycles. The Morgan fingerprint density at radius 2 is 2.57 bits per heavy atom. The first kappa shape index (κ1) is 9.40. The van der Waals surface area contributed by atoms with Crippen molar-refractivity contribution in [2.45, 2.75) is 19.8 Å². The Hall–Kier alpha value is -1.16. The maximum absolute atomic E-state index is 11.5. The average Bonchev–Trinajstić information content (AvgIpc) is 2.56. The van der Waals surface area contributed by atoms with Crippen LogP contribution < -0.4 is 5.32 Å². The van der Waals surface area contributed by atoms with Gasteiger partial charge in [0.1, 0.15) is 11.5 Å². The zero-order valence-electron chi connectivity index (χ0n) is 8.25. The van der Waals surface area contributed by atoms with Gasteiger partial charge in [0.05, 0.1) is 12.2 Å². The highest BCUT2D eigenvalue weighted by atomic mass is 16.5. The molecule has 1 aromatic rings. The Labute approximate surface area is 82.7 Å². The van der Waals surface area contributed by atoms with Crippen LogP contribution in [0.25, 0.3) is 0 Å². The van der Waals surface area contributed by atoms with Gasteiger partial charge in [-0.2, -0.15) is 0 Å². The standard InChI is InChI=1S/C10H14N2O2/c1-7-4-9(12-14-7)5-8-2-3-11-6-10(8)13/h4,8,11H,2-3,5-6H2,1H3. The highest BCUT2D eigenvalue weighted by Crippen LogP contribution is 2.15. The second-order valence-corrected chi connectivity index (χ2v) is 3.76. The molecule has 1 aromatic heterocycles. The van der Waals surface area contributed by atoms with E-state index in [2.05, 4.69) is 10.5 Å². The molecular weight excluding hydrogens is 180 g/mol. The van der Waals surface area contributed by atoms with Crippen molar-refractivity contribution in [1.82, 2.24) is 10.5 Å². The zero-order chi connectivity index (χ0) is 9.97. The molecule has 4 heteroatoms. The van der Waals surface area contributed by atoms with Gasteiger partial charge < -0.3 is 9.84 Å². The van der Waals surface area contributed by atoms with Gasteiger partial charge in [-0.25, -0.2) is 0 Å². The van der Waals surface area contributed by atoms with Crippen LogP contribution in [0.3, 0.4) is 0 Å². The summed E-state index contributed by atoms with van der Waals surface area (Å²) in [6, 6.07) is 1.90. The summed E-state index contributed by atoms with van der Waals surface area (Å²) in [4.78, 5) is 11.5. The number of aryl methyl sites for hydroxylation is 1. The fourth-order valence-electron chi connectivity index (χ4n) is 1.78. The predicted molar refractivity (Wildman–Crippen MR) is 50.9 cm³/mol. The number of ketones is 1. The third-order valence-corrected chi connectivity index (χ3v) is 2.56. The molecule has 14 heavy (non-hydrogen) atoms. The van der Waals surface area contributed by atoms with Crippen LogP contribution in [0.15, 0.2) is 10.6 Å². The number of hydrogen-bond acceptors (Lipinski definition) is 4. The Morgan fingerprint density at radius 1 is 1.71 bits per heavy atom. The highest BCUT2D eigenvalue weighted by molar-refractivity contribution is 5.83. The number of nitrogens with one attached hydrogen (secondary N) is 1. The number of piperidine rings is 1. The van der Waals surface area contributed by atoms with Crippen molar-refractivity contribution in [3.63, 3.8) is 0 Å². The molecule has 1 unspecified atom stereocenters. The normalized spacial score (nSPS) is 22.6. The average molecular weight is 194 g/mol. The minimum absolute atomic E-state index is 0.126. The molecule has 0 spiro atoms. The molecular formula is C10H14N2O2. The van der Waals surface area contributed by atoms with Crippen molar-refractivity contribution in [1.29, 1.82) is 0 Å². The van der Waals surface area contributed by atoms with Crippen LogP contribution in [0.1, 0.15) is 17.9 Å². The van der Waals surface area contributed by atoms with Crippen LogP contribution in [0.2, 0.25) is 0 Å². The molecule has 1 N–H and O–H groups in total. The first-order chi connectivity index (χ1) is 6.75. The van der Waals surface area contributed by atoms with Crippen LogP contribution in [0.5, 0.6) is 0 Å².